The normalized spacial score (nSPS) is 20.2. The number of rotatable bonds is 5. The van der Waals surface area contributed by atoms with E-state index in [1.54, 1.807) is 0 Å². The molecule has 1 aliphatic rings. The third kappa shape index (κ3) is 5.84. The quantitative estimate of drug-likeness (QED) is 0.648. The second-order valence-corrected chi connectivity index (χ2v) is 9.36. The van der Waals surface area contributed by atoms with E-state index in [1.807, 2.05) is 35.2 Å². The summed E-state index contributed by atoms with van der Waals surface area (Å²) in [5, 5.41) is 0. The molecule has 10 heteroatoms. The molecule has 31 heavy (non-hydrogen) atoms. The summed E-state index contributed by atoms with van der Waals surface area (Å²) in [5.41, 5.74) is 0.496. The maximum absolute atomic E-state index is 13.0. The fourth-order valence-electron chi connectivity index (χ4n) is 3.48. The standard InChI is InChI=1S/C21H23F3N2O4S/c1-30-20(27)19-15-25(13-16-5-3-2-4-6-16)11-12-31(28,29)26(19)14-17-7-9-18(10-8-17)21(22,23)24/h2-10,19H,11-15H2,1H3. The molecular weight excluding hydrogens is 433 g/mol. The number of methoxy groups -OCH3 is 1. The van der Waals surface area contributed by atoms with E-state index in [1.165, 1.54) is 19.2 Å². The molecule has 1 atom stereocenters. The summed E-state index contributed by atoms with van der Waals surface area (Å²) in [7, 11) is -2.68. The Labute approximate surface area is 179 Å². The lowest BCUT2D eigenvalue weighted by Gasteiger charge is -2.28. The van der Waals surface area contributed by atoms with E-state index < -0.39 is 33.8 Å². The van der Waals surface area contributed by atoms with Crippen molar-refractivity contribution in [3.63, 3.8) is 0 Å². The number of alkyl halides is 3. The number of hydrogen-bond donors (Lipinski definition) is 0. The van der Waals surface area contributed by atoms with Gasteiger partial charge in [-0.25, -0.2) is 8.42 Å². The Bertz CT molecular complexity index is 996. The molecule has 168 valence electrons. The number of halogens is 3. The van der Waals surface area contributed by atoms with E-state index in [-0.39, 0.29) is 25.4 Å². The Kier molecular flexibility index (Phi) is 7.03. The molecule has 2 aromatic rings. The minimum absolute atomic E-state index is 0.113. The van der Waals surface area contributed by atoms with Crippen molar-refractivity contribution < 1.29 is 31.1 Å². The molecular formula is C21H23F3N2O4S. The third-order valence-electron chi connectivity index (χ3n) is 5.14. The molecule has 0 aliphatic carbocycles. The average molecular weight is 456 g/mol. The van der Waals surface area contributed by atoms with Crippen molar-refractivity contribution in [2.24, 2.45) is 0 Å². The van der Waals surface area contributed by atoms with Crippen molar-refractivity contribution in [1.82, 2.24) is 9.21 Å². The Balaban J connectivity index is 1.86. The smallest absolute Gasteiger partial charge is 0.416 e. The molecule has 1 saturated heterocycles. The summed E-state index contributed by atoms with van der Waals surface area (Å²) in [5.74, 6) is -0.927. The summed E-state index contributed by atoms with van der Waals surface area (Å²) in [4.78, 5) is 14.4. The predicted octanol–water partition coefficient (Wildman–Crippen LogP) is 2.89. The van der Waals surface area contributed by atoms with Crippen LogP contribution in [-0.4, -0.2) is 55.6 Å². The zero-order valence-electron chi connectivity index (χ0n) is 16.9. The van der Waals surface area contributed by atoms with Gasteiger partial charge in [-0.05, 0) is 23.3 Å². The highest BCUT2D eigenvalue weighted by Gasteiger charge is 2.40. The third-order valence-corrected chi connectivity index (χ3v) is 6.94. The van der Waals surface area contributed by atoms with Gasteiger partial charge in [0.25, 0.3) is 0 Å². The van der Waals surface area contributed by atoms with Gasteiger partial charge in [0.1, 0.15) is 6.04 Å². The number of benzene rings is 2. The van der Waals surface area contributed by atoms with Crippen LogP contribution in [0.3, 0.4) is 0 Å². The summed E-state index contributed by atoms with van der Waals surface area (Å²) in [6.45, 7) is 0.563. The number of ether oxygens (including phenoxy) is 1. The Morgan fingerprint density at radius 1 is 1.03 bits per heavy atom. The van der Waals surface area contributed by atoms with Crippen molar-refractivity contribution in [2.45, 2.75) is 25.3 Å². The van der Waals surface area contributed by atoms with Crippen LogP contribution in [0.1, 0.15) is 16.7 Å². The van der Waals surface area contributed by atoms with Gasteiger partial charge in [0.15, 0.2) is 0 Å². The molecule has 0 bridgehead atoms. The molecule has 0 aromatic heterocycles. The molecule has 1 heterocycles. The van der Waals surface area contributed by atoms with Crippen molar-refractivity contribution in [1.29, 1.82) is 0 Å². The Hall–Kier alpha value is -2.43. The summed E-state index contributed by atoms with van der Waals surface area (Å²) in [6, 6.07) is 12.6. The van der Waals surface area contributed by atoms with E-state index in [2.05, 4.69) is 0 Å². The zero-order valence-corrected chi connectivity index (χ0v) is 17.7. The van der Waals surface area contributed by atoms with Crippen LogP contribution in [0.2, 0.25) is 0 Å². The van der Waals surface area contributed by atoms with Crippen LogP contribution in [-0.2, 0) is 38.8 Å². The topological polar surface area (TPSA) is 66.9 Å². The van der Waals surface area contributed by atoms with E-state index in [9.17, 15) is 26.4 Å². The first-order valence-corrected chi connectivity index (χ1v) is 11.2. The number of esters is 1. The van der Waals surface area contributed by atoms with Gasteiger partial charge in [-0.15, -0.1) is 0 Å². The fraction of sp³-hybridized carbons (Fsp3) is 0.381. The van der Waals surface area contributed by atoms with Crippen LogP contribution in [0.4, 0.5) is 13.2 Å². The molecule has 1 fully saturated rings. The molecule has 3 rings (SSSR count). The largest absolute Gasteiger partial charge is 0.468 e. The van der Waals surface area contributed by atoms with Crippen LogP contribution in [0, 0.1) is 0 Å². The van der Waals surface area contributed by atoms with Crippen molar-refractivity contribution in [3.8, 4) is 0 Å². The number of carbonyl (C=O) groups excluding carboxylic acids is 1. The molecule has 0 radical (unpaired) electrons. The van der Waals surface area contributed by atoms with Crippen molar-refractivity contribution in [3.05, 3.63) is 71.3 Å². The zero-order chi connectivity index (χ0) is 22.6. The molecule has 0 spiro atoms. The summed E-state index contributed by atoms with van der Waals surface area (Å²) < 4.78 is 70.3. The molecule has 0 saturated carbocycles. The van der Waals surface area contributed by atoms with E-state index in [0.717, 1.165) is 22.0 Å². The van der Waals surface area contributed by atoms with Gasteiger partial charge in [-0.3, -0.25) is 9.69 Å². The van der Waals surface area contributed by atoms with Crippen LogP contribution in [0.25, 0.3) is 0 Å². The summed E-state index contributed by atoms with van der Waals surface area (Å²) >= 11 is 0. The minimum atomic E-state index is -4.49. The monoisotopic (exact) mass is 456 g/mol. The minimum Gasteiger partial charge on any atom is -0.468 e. The van der Waals surface area contributed by atoms with Gasteiger partial charge in [0.2, 0.25) is 10.0 Å². The first-order valence-electron chi connectivity index (χ1n) is 9.60. The highest BCUT2D eigenvalue weighted by Crippen LogP contribution is 2.29. The van der Waals surface area contributed by atoms with Crippen LogP contribution < -0.4 is 0 Å². The second kappa shape index (κ2) is 9.37. The first kappa shape index (κ1) is 23.2. The number of hydrogen-bond acceptors (Lipinski definition) is 5. The van der Waals surface area contributed by atoms with Gasteiger partial charge >= 0.3 is 12.1 Å². The molecule has 1 unspecified atom stereocenters. The van der Waals surface area contributed by atoms with Gasteiger partial charge in [0, 0.05) is 26.2 Å². The van der Waals surface area contributed by atoms with Crippen LogP contribution in [0.15, 0.2) is 54.6 Å². The van der Waals surface area contributed by atoms with E-state index >= 15 is 0 Å². The number of nitrogens with zero attached hydrogens (tertiary/aromatic N) is 2. The highest BCUT2D eigenvalue weighted by atomic mass is 32.2. The Morgan fingerprint density at radius 3 is 2.23 bits per heavy atom. The molecule has 0 amide bonds. The first-order chi connectivity index (χ1) is 14.6. The molecule has 0 N–H and O–H groups in total. The van der Waals surface area contributed by atoms with Gasteiger partial charge < -0.3 is 4.74 Å². The fourth-order valence-corrected chi connectivity index (χ4v) is 5.09. The Morgan fingerprint density at radius 2 is 1.65 bits per heavy atom. The highest BCUT2D eigenvalue weighted by molar-refractivity contribution is 7.89. The molecule has 2 aromatic carbocycles. The van der Waals surface area contributed by atoms with E-state index in [0.29, 0.717) is 12.1 Å². The molecule has 6 nitrogen and oxygen atoms in total. The van der Waals surface area contributed by atoms with Crippen LogP contribution >= 0.6 is 0 Å². The van der Waals surface area contributed by atoms with Gasteiger partial charge in [0.05, 0.1) is 18.4 Å². The summed E-state index contributed by atoms with van der Waals surface area (Å²) in [6.07, 6.45) is -4.49. The number of sulfonamides is 1. The molecule has 1 aliphatic heterocycles. The maximum Gasteiger partial charge on any atom is 0.416 e. The lowest BCUT2D eigenvalue weighted by Crippen LogP contribution is -2.48. The van der Waals surface area contributed by atoms with Crippen molar-refractivity contribution in [2.75, 3.05) is 26.0 Å². The van der Waals surface area contributed by atoms with Crippen molar-refractivity contribution >= 4 is 16.0 Å². The maximum atomic E-state index is 13.0. The second-order valence-electron chi connectivity index (χ2n) is 7.32. The number of carbonyl (C=O) groups is 1. The van der Waals surface area contributed by atoms with E-state index in [4.69, 9.17) is 4.74 Å². The lowest BCUT2D eigenvalue weighted by molar-refractivity contribution is -0.146. The van der Waals surface area contributed by atoms with Gasteiger partial charge in [-0.2, -0.15) is 17.5 Å². The average Bonchev–Trinajstić information content (AvgIpc) is 2.85. The predicted molar refractivity (Wildman–Crippen MR) is 108 cm³/mol. The SMILES string of the molecule is COC(=O)C1CN(Cc2ccccc2)CCS(=O)(=O)N1Cc1ccc(C(F)(F)F)cc1. The lowest BCUT2D eigenvalue weighted by atomic mass is 10.1. The van der Waals surface area contributed by atoms with Gasteiger partial charge in [-0.1, -0.05) is 42.5 Å². The van der Waals surface area contributed by atoms with Crippen LogP contribution in [0.5, 0.6) is 0 Å².